The third-order valence-corrected chi connectivity index (χ3v) is 3.36. The predicted octanol–water partition coefficient (Wildman–Crippen LogP) is 2.95. The number of thioether (sulfide) groups is 1. The zero-order chi connectivity index (χ0) is 13.8. The summed E-state index contributed by atoms with van der Waals surface area (Å²) in [4.78, 5) is 12.0. The average molecular weight is 264 g/mol. The van der Waals surface area contributed by atoms with E-state index in [1.165, 1.54) is 0 Å². The van der Waals surface area contributed by atoms with Crippen LogP contribution in [0, 0.1) is 11.3 Å². The monoisotopic (exact) mass is 264 g/mol. The summed E-state index contributed by atoms with van der Waals surface area (Å²) < 4.78 is 0. The Balaban J connectivity index is 3.14. The van der Waals surface area contributed by atoms with Gasteiger partial charge in [-0.25, -0.2) is 4.79 Å². The van der Waals surface area contributed by atoms with Gasteiger partial charge in [-0.2, -0.15) is 5.26 Å². The molecule has 0 aliphatic rings. The van der Waals surface area contributed by atoms with Crippen molar-refractivity contribution in [1.29, 1.82) is 5.26 Å². The van der Waals surface area contributed by atoms with Crippen molar-refractivity contribution in [2.24, 2.45) is 0 Å². The van der Waals surface area contributed by atoms with E-state index in [-0.39, 0.29) is 0 Å². The molecule has 0 radical (unpaired) electrons. The quantitative estimate of drug-likeness (QED) is 0.800. The zero-order valence-electron chi connectivity index (χ0n) is 10.7. The summed E-state index contributed by atoms with van der Waals surface area (Å²) in [6, 6.07) is 7.54. The van der Waals surface area contributed by atoms with E-state index in [1.54, 1.807) is 31.7 Å². The minimum atomic E-state index is -1.11. The number of nitrogens with one attached hydrogen (secondary N) is 1. The number of rotatable bonds is 5. The summed E-state index contributed by atoms with van der Waals surface area (Å²) >= 11 is 1.57. The lowest BCUT2D eigenvalue weighted by molar-refractivity contribution is -0.141. The molecule has 2 N–H and O–H groups in total. The first-order valence-corrected chi connectivity index (χ1v) is 6.58. The smallest absolute Gasteiger partial charge is 0.328 e. The van der Waals surface area contributed by atoms with Gasteiger partial charge in [-0.3, -0.25) is 0 Å². The van der Waals surface area contributed by atoms with Gasteiger partial charge in [-0.05, 0) is 31.7 Å². The van der Waals surface area contributed by atoms with Crippen LogP contribution in [0.4, 0.5) is 5.69 Å². The first-order valence-electron chi connectivity index (χ1n) is 5.60. The van der Waals surface area contributed by atoms with Crippen LogP contribution in [0.2, 0.25) is 0 Å². The topological polar surface area (TPSA) is 73.1 Å². The van der Waals surface area contributed by atoms with Crippen molar-refractivity contribution in [2.75, 3.05) is 11.1 Å². The Labute approximate surface area is 111 Å². The molecule has 1 aromatic rings. The van der Waals surface area contributed by atoms with E-state index in [1.807, 2.05) is 19.1 Å². The predicted molar refractivity (Wildman–Crippen MR) is 72.9 cm³/mol. The van der Waals surface area contributed by atoms with Gasteiger partial charge in [0.15, 0.2) is 0 Å². The molecule has 0 atom stereocenters. The summed E-state index contributed by atoms with van der Waals surface area (Å²) in [5.74, 6) is -0.0968. The second-order valence-corrected chi connectivity index (χ2v) is 5.58. The highest BCUT2D eigenvalue weighted by molar-refractivity contribution is 7.99. The highest BCUT2D eigenvalue weighted by Gasteiger charge is 2.27. The van der Waals surface area contributed by atoms with E-state index >= 15 is 0 Å². The fourth-order valence-electron chi connectivity index (χ4n) is 1.42. The Bertz CT molecular complexity index is 492. The molecule has 0 aromatic heterocycles. The van der Waals surface area contributed by atoms with E-state index in [2.05, 4.69) is 11.4 Å². The zero-order valence-corrected chi connectivity index (χ0v) is 11.5. The Kier molecular flexibility index (Phi) is 4.62. The van der Waals surface area contributed by atoms with Gasteiger partial charge < -0.3 is 10.4 Å². The fraction of sp³-hybridized carbons (Fsp3) is 0.385. The first-order chi connectivity index (χ1) is 8.42. The summed E-state index contributed by atoms with van der Waals surface area (Å²) in [5.41, 5.74) is -0.0526. The van der Waals surface area contributed by atoms with Gasteiger partial charge in [-0.1, -0.05) is 13.0 Å². The molecule has 0 saturated heterocycles. The maximum atomic E-state index is 11.1. The Hall–Kier alpha value is -1.67. The third kappa shape index (κ3) is 3.17. The van der Waals surface area contributed by atoms with Gasteiger partial charge >= 0.3 is 5.97 Å². The van der Waals surface area contributed by atoms with Gasteiger partial charge in [0.1, 0.15) is 11.6 Å². The Morgan fingerprint density at radius 2 is 2.22 bits per heavy atom. The SMILES string of the molecule is CCSc1cccc(NC(C)(C)C(=O)O)c1C#N. The molecule has 0 saturated carbocycles. The number of carboxylic acids is 1. The van der Waals surface area contributed by atoms with Crippen molar-refractivity contribution in [2.45, 2.75) is 31.2 Å². The Morgan fingerprint density at radius 3 is 2.72 bits per heavy atom. The molecule has 0 amide bonds. The van der Waals surface area contributed by atoms with E-state index in [9.17, 15) is 10.1 Å². The lowest BCUT2D eigenvalue weighted by atomic mass is 10.0. The second kappa shape index (κ2) is 5.78. The summed E-state index contributed by atoms with van der Waals surface area (Å²) in [5, 5.41) is 21.2. The maximum absolute atomic E-state index is 11.1. The van der Waals surface area contributed by atoms with Gasteiger partial charge in [0.25, 0.3) is 0 Å². The number of nitrogens with zero attached hydrogens (tertiary/aromatic N) is 1. The number of carboxylic acid groups (broad SMARTS) is 1. The summed E-state index contributed by atoms with van der Waals surface area (Å²) in [6.45, 7) is 5.14. The lowest BCUT2D eigenvalue weighted by Crippen LogP contribution is -2.40. The van der Waals surface area contributed by atoms with Crippen LogP contribution in [-0.4, -0.2) is 22.4 Å². The van der Waals surface area contributed by atoms with Crippen molar-refractivity contribution >= 4 is 23.4 Å². The van der Waals surface area contributed by atoms with E-state index in [0.717, 1.165) is 10.6 Å². The maximum Gasteiger partial charge on any atom is 0.328 e. The largest absolute Gasteiger partial charge is 0.480 e. The molecule has 0 fully saturated rings. The van der Waals surface area contributed by atoms with Crippen molar-refractivity contribution in [3.8, 4) is 6.07 Å². The van der Waals surface area contributed by atoms with Crippen molar-refractivity contribution in [1.82, 2.24) is 0 Å². The number of benzene rings is 1. The van der Waals surface area contributed by atoms with Gasteiger partial charge in [-0.15, -0.1) is 11.8 Å². The fourth-order valence-corrected chi connectivity index (χ4v) is 2.20. The van der Waals surface area contributed by atoms with E-state index in [4.69, 9.17) is 5.11 Å². The molecule has 0 spiro atoms. The van der Waals surface area contributed by atoms with Gasteiger partial charge in [0.2, 0.25) is 0 Å². The standard InChI is InChI=1S/C13H16N2O2S/c1-4-18-11-7-5-6-10(9(11)8-14)15-13(2,3)12(16)17/h5-7,15H,4H2,1-3H3,(H,16,17). The second-order valence-electron chi connectivity index (χ2n) is 4.28. The highest BCUT2D eigenvalue weighted by atomic mass is 32.2. The molecular weight excluding hydrogens is 248 g/mol. The molecule has 4 nitrogen and oxygen atoms in total. The van der Waals surface area contributed by atoms with Crippen molar-refractivity contribution < 1.29 is 9.90 Å². The Morgan fingerprint density at radius 1 is 1.56 bits per heavy atom. The van der Waals surface area contributed by atoms with E-state index in [0.29, 0.717) is 11.3 Å². The number of aliphatic carboxylic acids is 1. The molecule has 1 rings (SSSR count). The van der Waals surface area contributed by atoms with Crippen LogP contribution >= 0.6 is 11.8 Å². The van der Waals surface area contributed by atoms with Crippen LogP contribution in [0.15, 0.2) is 23.1 Å². The van der Waals surface area contributed by atoms with Crippen LogP contribution in [0.3, 0.4) is 0 Å². The molecule has 0 aliphatic carbocycles. The van der Waals surface area contributed by atoms with Crippen LogP contribution in [0.25, 0.3) is 0 Å². The number of carbonyl (C=O) groups is 1. The van der Waals surface area contributed by atoms with Crippen LogP contribution in [0.1, 0.15) is 26.3 Å². The van der Waals surface area contributed by atoms with Gasteiger partial charge in [0, 0.05) is 4.90 Å². The third-order valence-electron chi connectivity index (χ3n) is 2.42. The molecule has 18 heavy (non-hydrogen) atoms. The lowest BCUT2D eigenvalue weighted by Gasteiger charge is -2.23. The number of hydrogen-bond acceptors (Lipinski definition) is 4. The molecule has 96 valence electrons. The highest BCUT2D eigenvalue weighted by Crippen LogP contribution is 2.29. The molecule has 1 aromatic carbocycles. The number of anilines is 1. The first kappa shape index (κ1) is 14.4. The van der Waals surface area contributed by atoms with Crippen molar-refractivity contribution in [3.63, 3.8) is 0 Å². The van der Waals surface area contributed by atoms with Crippen LogP contribution in [-0.2, 0) is 4.79 Å². The molecular formula is C13H16N2O2S. The number of hydrogen-bond donors (Lipinski definition) is 2. The molecule has 0 heterocycles. The minimum absolute atomic E-state index is 0.499. The number of nitriles is 1. The van der Waals surface area contributed by atoms with Crippen LogP contribution in [0.5, 0.6) is 0 Å². The molecule has 0 aliphatic heterocycles. The summed E-state index contributed by atoms with van der Waals surface area (Å²) in [7, 11) is 0. The molecule has 0 bridgehead atoms. The van der Waals surface area contributed by atoms with E-state index < -0.39 is 11.5 Å². The minimum Gasteiger partial charge on any atom is -0.480 e. The average Bonchev–Trinajstić information content (AvgIpc) is 2.29. The summed E-state index contributed by atoms with van der Waals surface area (Å²) in [6.07, 6.45) is 0. The molecule has 0 unspecified atom stereocenters. The molecule has 5 heteroatoms. The van der Waals surface area contributed by atoms with Crippen molar-refractivity contribution in [3.05, 3.63) is 23.8 Å². The van der Waals surface area contributed by atoms with Gasteiger partial charge in [0.05, 0.1) is 11.3 Å². The van der Waals surface area contributed by atoms with Crippen LogP contribution < -0.4 is 5.32 Å². The normalized spacial score (nSPS) is 10.8.